The molecular formula is C37H49N5O9S. The molecule has 14 nitrogen and oxygen atoms in total. The van der Waals surface area contributed by atoms with Crippen LogP contribution in [0.1, 0.15) is 101 Å². The Morgan fingerprint density at radius 3 is 2.56 bits per heavy atom. The van der Waals surface area contributed by atoms with Crippen molar-refractivity contribution in [1.82, 2.24) is 25.2 Å². The number of benzene rings is 1. The first kappa shape index (κ1) is 36.2. The molecule has 6 aliphatic rings. The standard InChI is InChI=1S/C37H49N5O9S/c1-2-26-19-37(26,34(45)40-52(48,49)28-15-16-28)39-32(43)30-18-27-21-42(30)33(44)31(24-11-5-3-6-12-24)38-35(46)50-17-8-4-7-10-23-13-9-14-25-20-41(22-29(23)25)36(47)51-27/h7,9-10,13-14,24,26-28,30-31H,2-6,8,11-12,15-22H2,1H3,(H,38,46)(H,39,43)(H,40,45)/b10-7+/t26-,27-,30+,31+,37-/m1/s1. The first-order valence-electron chi connectivity index (χ1n) is 18.8. The van der Waals surface area contributed by atoms with E-state index in [9.17, 15) is 32.4 Å². The maximum Gasteiger partial charge on any atom is 0.410 e. The third-order valence-electron chi connectivity index (χ3n) is 11.6. The summed E-state index contributed by atoms with van der Waals surface area (Å²) in [7, 11) is -3.87. The predicted molar refractivity (Wildman–Crippen MR) is 189 cm³/mol. The first-order valence-corrected chi connectivity index (χ1v) is 20.4. The molecule has 1 aromatic rings. The molecule has 4 fully saturated rings. The second-order valence-electron chi connectivity index (χ2n) is 15.2. The zero-order valence-corrected chi connectivity index (χ0v) is 30.5. The van der Waals surface area contributed by atoms with E-state index >= 15 is 0 Å². The van der Waals surface area contributed by atoms with Gasteiger partial charge in [-0.1, -0.05) is 63.0 Å². The van der Waals surface area contributed by atoms with Crippen molar-refractivity contribution in [3.63, 3.8) is 0 Å². The smallest absolute Gasteiger partial charge is 0.410 e. The summed E-state index contributed by atoms with van der Waals surface area (Å²) >= 11 is 0. The summed E-state index contributed by atoms with van der Waals surface area (Å²) in [5, 5.41) is 5.04. The van der Waals surface area contributed by atoms with Crippen molar-refractivity contribution >= 4 is 46.0 Å². The van der Waals surface area contributed by atoms with E-state index in [0.29, 0.717) is 58.0 Å². The number of nitrogens with one attached hydrogen (secondary N) is 3. The Bertz CT molecular complexity index is 1740. The Balaban J connectivity index is 1.16. The van der Waals surface area contributed by atoms with Crippen LogP contribution in [0.15, 0.2) is 24.3 Å². The highest BCUT2D eigenvalue weighted by molar-refractivity contribution is 7.91. The van der Waals surface area contributed by atoms with Crippen LogP contribution in [0.3, 0.4) is 0 Å². The number of cyclic esters (lactones) is 1. The Kier molecular flexibility index (Phi) is 10.2. The van der Waals surface area contributed by atoms with Crippen LogP contribution >= 0.6 is 0 Å². The van der Waals surface area contributed by atoms with Gasteiger partial charge in [-0.3, -0.25) is 24.0 Å². The third-order valence-corrected chi connectivity index (χ3v) is 13.5. The van der Waals surface area contributed by atoms with E-state index in [2.05, 4.69) is 15.4 Å². The quantitative estimate of drug-likeness (QED) is 0.377. The number of fused-ring (bicyclic) bond motifs is 3. The van der Waals surface area contributed by atoms with Crippen LogP contribution in [0.2, 0.25) is 0 Å². The minimum Gasteiger partial charge on any atom is -0.450 e. The summed E-state index contributed by atoms with van der Waals surface area (Å²) in [6.07, 6.45) is 9.03. The molecule has 3 aliphatic heterocycles. The fourth-order valence-corrected chi connectivity index (χ4v) is 9.76. The van der Waals surface area contributed by atoms with E-state index in [1.165, 1.54) is 4.90 Å². The molecule has 282 valence electrons. The van der Waals surface area contributed by atoms with Gasteiger partial charge >= 0.3 is 12.2 Å². The first-order chi connectivity index (χ1) is 25.0. The van der Waals surface area contributed by atoms with Crippen LogP contribution in [0.25, 0.3) is 6.08 Å². The average Bonchev–Trinajstić information content (AvgIpc) is 4.02. The zero-order valence-electron chi connectivity index (χ0n) is 29.6. The number of hydrogen-bond acceptors (Lipinski definition) is 9. The molecule has 0 spiro atoms. The number of sulfonamides is 1. The van der Waals surface area contributed by atoms with Crippen LogP contribution in [0.4, 0.5) is 9.59 Å². The molecule has 1 aromatic carbocycles. The molecule has 0 radical (unpaired) electrons. The number of carbonyl (C=O) groups is 5. The summed E-state index contributed by atoms with van der Waals surface area (Å²) in [5.41, 5.74) is 1.57. The summed E-state index contributed by atoms with van der Waals surface area (Å²) in [5.74, 6) is -2.39. The molecule has 3 saturated carbocycles. The van der Waals surface area contributed by atoms with Crippen LogP contribution in [-0.4, -0.2) is 90.3 Å². The molecule has 52 heavy (non-hydrogen) atoms. The summed E-state index contributed by atoms with van der Waals surface area (Å²) in [6.45, 7) is 2.63. The lowest BCUT2D eigenvalue weighted by molar-refractivity contribution is -0.142. The van der Waals surface area contributed by atoms with Gasteiger partial charge in [0, 0.05) is 13.0 Å². The van der Waals surface area contributed by atoms with E-state index in [-0.39, 0.29) is 37.8 Å². The number of alkyl carbamates (subject to hydrolysis) is 1. The maximum absolute atomic E-state index is 14.6. The van der Waals surface area contributed by atoms with Gasteiger partial charge in [0.2, 0.25) is 21.8 Å². The molecule has 0 unspecified atom stereocenters. The number of ether oxygens (including phenoxy) is 2. The van der Waals surface area contributed by atoms with E-state index in [1.807, 2.05) is 37.3 Å². The van der Waals surface area contributed by atoms with E-state index in [1.54, 1.807) is 4.90 Å². The molecular weight excluding hydrogens is 691 g/mol. The van der Waals surface area contributed by atoms with Crippen LogP contribution in [0.5, 0.6) is 0 Å². The lowest BCUT2D eigenvalue weighted by Crippen LogP contribution is -2.59. The van der Waals surface area contributed by atoms with Gasteiger partial charge in [-0.2, -0.15) is 0 Å². The molecule has 4 bridgehead atoms. The van der Waals surface area contributed by atoms with E-state index < -0.39 is 68.9 Å². The van der Waals surface area contributed by atoms with E-state index in [4.69, 9.17) is 9.47 Å². The van der Waals surface area contributed by atoms with Gasteiger partial charge in [0.05, 0.1) is 24.9 Å². The minimum absolute atomic E-state index is 0.0330. The highest BCUT2D eigenvalue weighted by Gasteiger charge is 2.62. The van der Waals surface area contributed by atoms with E-state index in [0.717, 1.165) is 36.0 Å². The normalized spacial score (nSPS) is 30.6. The lowest BCUT2D eigenvalue weighted by atomic mass is 9.83. The van der Waals surface area contributed by atoms with Crippen molar-refractivity contribution in [2.75, 3.05) is 13.2 Å². The molecule has 3 heterocycles. The minimum atomic E-state index is -3.87. The lowest BCUT2D eigenvalue weighted by Gasteiger charge is -2.34. The van der Waals surface area contributed by atoms with Gasteiger partial charge in [-0.15, -0.1) is 0 Å². The molecule has 7 rings (SSSR count). The molecule has 5 atom stereocenters. The zero-order chi connectivity index (χ0) is 36.6. The van der Waals surface area contributed by atoms with Crippen molar-refractivity contribution < 1.29 is 41.9 Å². The van der Waals surface area contributed by atoms with Crippen molar-refractivity contribution in [3.05, 3.63) is 41.0 Å². The number of rotatable bonds is 7. The number of hydrogen-bond donors (Lipinski definition) is 3. The second-order valence-corrected chi connectivity index (χ2v) is 17.2. The van der Waals surface area contributed by atoms with Crippen molar-refractivity contribution in [2.45, 2.75) is 126 Å². The SMILES string of the molecule is CC[C@@H]1C[C@]1(NC(=O)[C@@H]1C[C@@H]2CN1C(=O)[C@H](C1CCCCC1)NC(=O)OCCC/C=C/c1cccc3c1CN(C3)C(=O)O2)C(=O)NS(=O)(=O)C1CC1. The third kappa shape index (κ3) is 7.51. The maximum atomic E-state index is 14.6. The Morgan fingerprint density at radius 2 is 1.83 bits per heavy atom. The number of amides is 5. The van der Waals surface area contributed by atoms with Gasteiger partial charge in [-0.25, -0.2) is 18.0 Å². The van der Waals surface area contributed by atoms with Crippen molar-refractivity contribution in [2.24, 2.45) is 11.8 Å². The Labute approximate surface area is 304 Å². The van der Waals surface area contributed by atoms with Gasteiger partial charge < -0.3 is 25.0 Å². The van der Waals surface area contributed by atoms with Gasteiger partial charge in [-0.05, 0) is 73.5 Å². The molecule has 1 saturated heterocycles. The summed E-state index contributed by atoms with van der Waals surface area (Å²) in [6, 6.07) is 3.79. The number of nitrogens with zero attached hydrogens (tertiary/aromatic N) is 2. The monoisotopic (exact) mass is 739 g/mol. The van der Waals surface area contributed by atoms with Crippen molar-refractivity contribution in [3.8, 4) is 0 Å². The van der Waals surface area contributed by atoms with Crippen LogP contribution in [0, 0.1) is 11.8 Å². The fraction of sp³-hybridized carbons (Fsp3) is 0.649. The van der Waals surface area contributed by atoms with Crippen LogP contribution < -0.4 is 15.4 Å². The highest BCUT2D eigenvalue weighted by atomic mass is 32.2. The highest BCUT2D eigenvalue weighted by Crippen LogP contribution is 2.47. The summed E-state index contributed by atoms with van der Waals surface area (Å²) < 4.78 is 39.1. The van der Waals surface area contributed by atoms with Crippen molar-refractivity contribution in [1.29, 1.82) is 0 Å². The largest absolute Gasteiger partial charge is 0.450 e. The molecule has 0 aromatic heterocycles. The van der Waals surface area contributed by atoms with Gasteiger partial charge in [0.25, 0.3) is 5.91 Å². The molecule has 5 amide bonds. The summed E-state index contributed by atoms with van der Waals surface area (Å²) in [4.78, 5) is 72.1. The number of allylic oxidation sites excluding steroid dienone is 1. The predicted octanol–water partition coefficient (Wildman–Crippen LogP) is 3.48. The van der Waals surface area contributed by atoms with Gasteiger partial charge in [0.1, 0.15) is 23.7 Å². The number of carbonyl (C=O) groups excluding carboxylic acids is 5. The average molecular weight is 740 g/mol. The Hall–Kier alpha value is -4.14. The van der Waals surface area contributed by atoms with Crippen LogP contribution in [-0.2, 0) is 47.0 Å². The molecule has 3 N–H and O–H groups in total. The van der Waals surface area contributed by atoms with Gasteiger partial charge in [0.15, 0.2) is 0 Å². The topological polar surface area (TPSA) is 181 Å². The Morgan fingerprint density at radius 1 is 1.04 bits per heavy atom. The second kappa shape index (κ2) is 14.7. The molecule has 3 aliphatic carbocycles. The molecule has 15 heteroatoms. The fourth-order valence-electron chi connectivity index (χ4n) is 8.39.